The molecule has 2 aromatic carbocycles. The number of piperidine rings is 1. The normalized spacial score (nSPS) is 16.0. The van der Waals surface area contributed by atoms with Gasteiger partial charge in [0.15, 0.2) is 0 Å². The third-order valence-corrected chi connectivity index (χ3v) is 5.83. The van der Waals surface area contributed by atoms with E-state index >= 15 is 0 Å². The molecular weight excluding hydrogens is 459 g/mol. The van der Waals surface area contributed by atoms with E-state index in [0.29, 0.717) is 23.9 Å². The molecule has 1 aliphatic heterocycles. The van der Waals surface area contributed by atoms with Crippen molar-refractivity contribution in [2.45, 2.75) is 25.6 Å². The number of anilines is 3. The lowest BCUT2D eigenvalue weighted by Gasteiger charge is -2.32. The first-order valence-electron chi connectivity index (χ1n) is 11.2. The van der Waals surface area contributed by atoms with Crippen LogP contribution in [0.25, 0.3) is 0 Å². The largest absolute Gasteiger partial charge is 0.497 e. The van der Waals surface area contributed by atoms with Gasteiger partial charge in [0.1, 0.15) is 11.6 Å². The lowest BCUT2D eigenvalue weighted by molar-refractivity contribution is -0.137. The number of rotatable bonds is 7. The molecule has 7 nitrogen and oxygen atoms in total. The van der Waals surface area contributed by atoms with Crippen molar-refractivity contribution in [3.63, 3.8) is 0 Å². The molecule has 0 spiro atoms. The summed E-state index contributed by atoms with van der Waals surface area (Å²) < 4.78 is 43.3. The number of nitrogens with one attached hydrogen (secondary N) is 2. The number of benzene rings is 2. The number of nitrogens with zero attached hydrogens (tertiary/aromatic N) is 3. The molecular formula is C25H26F3N5O2. The van der Waals surface area contributed by atoms with Gasteiger partial charge >= 0.3 is 6.18 Å². The van der Waals surface area contributed by atoms with Gasteiger partial charge in [-0.05, 0) is 60.9 Å². The Morgan fingerprint density at radius 3 is 2.54 bits per heavy atom. The van der Waals surface area contributed by atoms with Gasteiger partial charge in [0.05, 0.1) is 18.6 Å². The van der Waals surface area contributed by atoms with Gasteiger partial charge in [-0.15, -0.1) is 0 Å². The first kappa shape index (κ1) is 24.3. The highest BCUT2D eigenvalue weighted by Gasteiger charge is 2.30. The van der Waals surface area contributed by atoms with Crippen molar-refractivity contribution in [1.82, 2.24) is 15.3 Å². The standard InChI is InChI=1S/C25H26F3N5O2/c1-35-21-10-8-20(9-11-21)31-22-12-13-29-24(32-22)33-14-2-3-18(16-33)23(34)30-15-17-4-6-19(7-5-17)25(26,27)28/h4-13,18H,2-3,14-16H2,1H3,(H,30,34)(H,29,31,32). The average molecular weight is 486 g/mol. The van der Waals surface area contributed by atoms with Crippen molar-refractivity contribution in [2.75, 3.05) is 30.4 Å². The molecule has 3 aromatic rings. The van der Waals surface area contributed by atoms with Gasteiger partial charge in [-0.1, -0.05) is 12.1 Å². The van der Waals surface area contributed by atoms with Crippen LogP contribution in [-0.2, 0) is 17.5 Å². The number of hydrogen-bond acceptors (Lipinski definition) is 6. The highest BCUT2D eigenvalue weighted by Crippen LogP contribution is 2.29. The van der Waals surface area contributed by atoms with E-state index in [4.69, 9.17) is 4.74 Å². The molecule has 2 N–H and O–H groups in total. The number of halogens is 3. The molecule has 1 fully saturated rings. The fourth-order valence-corrected chi connectivity index (χ4v) is 3.91. The van der Waals surface area contributed by atoms with E-state index < -0.39 is 11.7 Å². The molecule has 1 aliphatic rings. The number of ether oxygens (including phenoxy) is 1. The summed E-state index contributed by atoms with van der Waals surface area (Å²) in [7, 11) is 1.61. The molecule has 1 aromatic heterocycles. The van der Waals surface area contributed by atoms with Crippen LogP contribution >= 0.6 is 0 Å². The minimum Gasteiger partial charge on any atom is -0.497 e. The molecule has 4 rings (SSSR count). The van der Waals surface area contributed by atoms with E-state index in [-0.39, 0.29) is 18.4 Å². The zero-order chi connectivity index (χ0) is 24.8. The Bertz CT molecular complexity index is 1140. The van der Waals surface area contributed by atoms with Crippen LogP contribution in [0, 0.1) is 5.92 Å². The third kappa shape index (κ3) is 6.40. The maximum atomic E-state index is 12.8. The highest BCUT2D eigenvalue weighted by molar-refractivity contribution is 5.79. The zero-order valence-corrected chi connectivity index (χ0v) is 19.2. The van der Waals surface area contributed by atoms with E-state index in [9.17, 15) is 18.0 Å². The number of alkyl halides is 3. The van der Waals surface area contributed by atoms with Gasteiger partial charge in [-0.25, -0.2) is 4.98 Å². The Morgan fingerprint density at radius 1 is 1.11 bits per heavy atom. The van der Waals surface area contributed by atoms with E-state index in [1.54, 1.807) is 19.4 Å². The SMILES string of the molecule is COc1ccc(Nc2ccnc(N3CCCC(C(=O)NCc4ccc(C(F)(F)F)cc4)C3)n2)cc1. The first-order valence-corrected chi connectivity index (χ1v) is 11.2. The molecule has 0 saturated carbocycles. The number of carbonyl (C=O) groups excluding carboxylic acids is 1. The quantitative estimate of drug-likeness (QED) is 0.502. The Kier molecular flexibility index (Phi) is 7.38. The van der Waals surface area contributed by atoms with Gasteiger partial charge < -0.3 is 20.3 Å². The summed E-state index contributed by atoms with van der Waals surface area (Å²) in [5, 5.41) is 6.08. The molecule has 0 aliphatic carbocycles. The fraction of sp³-hybridized carbons (Fsp3) is 0.320. The zero-order valence-electron chi connectivity index (χ0n) is 19.2. The average Bonchev–Trinajstić information content (AvgIpc) is 2.88. The van der Waals surface area contributed by atoms with Gasteiger partial charge in [0.25, 0.3) is 0 Å². The molecule has 10 heteroatoms. The monoisotopic (exact) mass is 485 g/mol. The second-order valence-corrected chi connectivity index (χ2v) is 8.29. The van der Waals surface area contributed by atoms with Crippen LogP contribution in [0.4, 0.5) is 30.6 Å². The number of carbonyl (C=O) groups is 1. The number of amides is 1. The molecule has 184 valence electrons. The summed E-state index contributed by atoms with van der Waals surface area (Å²) in [4.78, 5) is 23.7. The second kappa shape index (κ2) is 10.6. The van der Waals surface area contributed by atoms with Crippen LogP contribution in [0.2, 0.25) is 0 Å². The van der Waals surface area contributed by atoms with Crippen molar-refractivity contribution in [2.24, 2.45) is 5.92 Å². The van der Waals surface area contributed by atoms with Crippen molar-refractivity contribution >= 4 is 23.4 Å². The van der Waals surface area contributed by atoms with Gasteiger partial charge in [-0.2, -0.15) is 18.2 Å². The fourth-order valence-electron chi connectivity index (χ4n) is 3.91. The first-order chi connectivity index (χ1) is 16.8. The van der Waals surface area contributed by atoms with Crippen LogP contribution in [0.5, 0.6) is 5.75 Å². The van der Waals surface area contributed by atoms with Crippen molar-refractivity contribution < 1.29 is 22.7 Å². The third-order valence-electron chi connectivity index (χ3n) is 5.83. The van der Waals surface area contributed by atoms with Gasteiger partial charge in [-0.3, -0.25) is 4.79 Å². The van der Waals surface area contributed by atoms with Crippen LogP contribution in [-0.4, -0.2) is 36.1 Å². The highest BCUT2D eigenvalue weighted by atomic mass is 19.4. The minimum absolute atomic E-state index is 0.137. The number of aromatic nitrogens is 2. The molecule has 1 atom stereocenters. The van der Waals surface area contributed by atoms with E-state index in [2.05, 4.69) is 20.6 Å². The summed E-state index contributed by atoms with van der Waals surface area (Å²) in [6, 6.07) is 14.0. The summed E-state index contributed by atoms with van der Waals surface area (Å²) in [6.45, 7) is 1.37. The predicted octanol–water partition coefficient (Wildman–Crippen LogP) is 4.78. The van der Waals surface area contributed by atoms with Gasteiger partial charge in [0.2, 0.25) is 11.9 Å². The van der Waals surface area contributed by atoms with Gasteiger partial charge in [0, 0.05) is 31.5 Å². The van der Waals surface area contributed by atoms with Crippen LogP contribution in [0.1, 0.15) is 24.0 Å². The summed E-state index contributed by atoms with van der Waals surface area (Å²) in [5.41, 5.74) is 0.758. The summed E-state index contributed by atoms with van der Waals surface area (Å²) >= 11 is 0. The Morgan fingerprint density at radius 2 is 1.86 bits per heavy atom. The number of methoxy groups -OCH3 is 1. The Labute approximate surface area is 201 Å². The second-order valence-electron chi connectivity index (χ2n) is 8.29. The van der Waals surface area contributed by atoms with Crippen molar-refractivity contribution in [1.29, 1.82) is 0 Å². The summed E-state index contributed by atoms with van der Waals surface area (Å²) in [6.07, 6.45) is -1.18. The molecule has 0 bridgehead atoms. The molecule has 1 unspecified atom stereocenters. The topological polar surface area (TPSA) is 79.4 Å². The number of hydrogen-bond donors (Lipinski definition) is 2. The lowest BCUT2D eigenvalue weighted by atomic mass is 9.97. The Hall–Kier alpha value is -3.82. The van der Waals surface area contributed by atoms with E-state index in [0.717, 1.165) is 43.0 Å². The molecule has 35 heavy (non-hydrogen) atoms. The predicted molar refractivity (Wildman–Crippen MR) is 127 cm³/mol. The summed E-state index contributed by atoms with van der Waals surface area (Å²) in [5.74, 6) is 1.52. The molecule has 1 saturated heterocycles. The maximum Gasteiger partial charge on any atom is 0.416 e. The molecule has 2 heterocycles. The lowest BCUT2D eigenvalue weighted by Crippen LogP contribution is -2.43. The van der Waals surface area contributed by atoms with Crippen molar-refractivity contribution in [3.05, 3.63) is 71.9 Å². The van der Waals surface area contributed by atoms with Crippen LogP contribution in [0.15, 0.2) is 60.8 Å². The smallest absolute Gasteiger partial charge is 0.416 e. The molecule has 0 radical (unpaired) electrons. The van der Waals surface area contributed by atoms with Crippen LogP contribution in [0.3, 0.4) is 0 Å². The van der Waals surface area contributed by atoms with E-state index in [1.807, 2.05) is 29.2 Å². The minimum atomic E-state index is -4.38. The Balaban J connectivity index is 1.34. The molecule has 1 amide bonds. The maximum absolute atomic E-state index is 12.8. The van der Waals surface area contributed by atoms with Crippen molar-refractivity contribution in [3.8, 4) is 5.75 Å². The van der Waals surface area contributed by atoms with Crippen LogP contribution < -0.4 is 20.3 Å². The van der Waals surface area contributed by atoms with E-state index in [1.165, 1.54) is 12.1 Å².